The molecule has 0 unspecified atom stereocenters. The van der Waals surface area contributed by atoms with Crippen LogP contribution in [0.5, 0.6) is 5.75 Å². The predicted molar refractivity (Wildman–Crippen MR) is 86.0 cm³/mol. The first-order valence-corrected chi connectivity index (χ1v) is 8.01. The third-order valence-corrected chi connectivity index (χ3v) is 4.80. The van der Waals surface area contributed by atoms with Crippen LogP contribution in [0.4, 0.5) is 0 Å². The van der Waals surface area contributed by atoms with Crippen LogP contribution in [-0.4, -0.2) is 37.4 Å². The van der Waals surface area contributed by atoms with Crippen LogP contribution >= 0.6 is 0 Å². The van der Waals surface area contributed by atoms with Crippen LogP contribution in [-0.2, 0) is 0 Å². The highest BCUT2D eigenvalue weighted by Crippen LogP contribution is 2.29. The molecule has 0 aromatic heterocycles. The number of likely N-dealkylation sites (N-methyl/N-ethyl adjacent to an activating group) is 1. The predicted octanol–water partition coefficient (Wildman–Crippen LogP) is 3.78. The Morgan fingerprint density at radius 1 is 1.29 bits per heavy atom. The third kappa shape index (κ3) is 4.31. The Labute approximate surface area is 128 Å². The van der Waals surface area contributed by atoms with Crippen molar-refractivity contribution < 1.29 is 9.53 Å². The lowest BCUT2D eigenvalue weighted by molar-refractivity contribution is 0.0884. The van der Waals surface area contributed by atoms with Gasteiger partial charge in [-0.1, -0.05) is 25.5 Å². The largest absolute Gasteiger partial charge is 0.497 e. The summed E-state index contributed by atoms with van der Waals surface area (Å²) in [5.74, 6) is 1.81. The first-order valence-electron chi connectivity index (χ1n) is 8.01. The maximum Gasteiger partial charge on any atom is 0.176 e. The summed E-state index contributed by atoms with van der Waals surface area (Å²) < 4.78 is 5.18. The Hall–Kier alpha value is -1.35. The highest BCUT2D eigenvalue weighted by atomic mass is 16.5. The zero-order chi connectivity index (χ0) is 15.2. The van der Waals surface area contributed by atoms with E-state index in [2.05, 4.69) is 18.9 Å². The molecule has 0 radical (unpaired) electrons. The summed E-state index contributed by atoms with van der Waals surface area (Å²) >= 11 is 0. The molecule has 0 aliphatic heterocycles. The molecule has 1 aromatic rings. The summed E-state index contributed by atoms with van der Waals surface area (Å²) in [6.45, 7) is 2.77. The molecule has 3 heteroatoms. The van der Waals surface area contributed by atoms with Gasteiger partial charge in [0.15, 0.2) is 5.78 Å². The Morgan fingerprint density at radius 2 is 2.00 bits per heavy atom. The lowest BCUT2D eigenvalue weighted by Gasteiger charge is -2.34. The molecule has 116 valence electrons. The van der Waals surface area contributed by atoms with Crippen LogP contribution in [0.2, 0.25) is 0 Å². The normalized spacial score (nSPS) is 22.3. The molecule has 2 rings (SSSR count). The fourth-order valence-corrected chi connectivity index (χ4v) is 3.24. The van der Waals surface area contributed by atoms with Crippen molar-refractivity contribution in [2.75, 3.05) is 20.7 Å². The minimum absolute atomic E-state index is 0.175. The van der Waals surface area contributed by atoms with Crippen LogP contribution in [0.15, 0.2) is 24.3 Å². The second-order valence-electron chi connectivity index (χ2n) is 6.15. The molecule has 1 aromatic carbocycles. The molecule has 0 amide bonds. The Morgan fingerprint density at radius 3 is 2.62 bits per heavy atom. The number of ether oxygens (including phenoxy) is 1. The molecule has 1 saturated carbocycles. The fraction of sp³-hybridized carbons (Fsp3) is 0.611. The number of hydrogen-bond acceptors (Lipinski definition) is 3. The van der Waals surface area contributed by atoms with Crippen molar-refractivity contribution in [3.8, 4) is 5.75 Å². The smallest absolute Gasteiger partial charge is 0.176 e. The van der Waals surface area contributed by atoms with E-state index in [9.17, 15) is 4.79 Å². The highest BCUT2D eigenvalue weighted by Gasteiger charge is 2.24. The summed E-state index contributed by atoms with van der Waals surface area (Å²) in [6.07, 6.45) is 6.34. The van der Waals surface area contributed by atoms with Crippen LogP contribution < -0.4 is 4.74 Å². The second-order valence-corrected chi connectivity index (χ2v) is 6.15. The number of ketones is 1. The quantitative estimate of drug-likeness (QED) is 0.746. The average Bonchev–Trinajstić information content (AvgIpc) is 2.54. The van der Waals surface area contributed by atoms with Crippen LogP contribution in [0, 0.1) is 5.92 Å². The Kier molecular flexibility index (Phi) is 5.80. The number of Topliss-reactive ketones (excluding diaryl/α,β-unsaturated/α-hetero) is 1. The van der Waals surface area contributed by atoms with Gasteiger partial charge in [-0.25, -0.2) is 0 Å². The van der Waals surface area contributed by atoms with E-state index in [0.717, 1.165) is 17.2 Å². The zero-order valence-electron chi connectivity index (χ0n) is 13.5. The van der Waals surface area contributed by atoms with Crippen LogP contribution in [0.25, 0.3) is 0 Å². The summed E-state index contributed by atoms with van der Waals surface area (Å²) in [7, 11) is 3.71. The molecule has 0 saturated heterocycles. The number of rotatable bonds is 6. The van der Waals surface area contributed by atoms with Crippen LogP contribution in [0.1, 0.15) is 49.4 Å². The van der Waals surface area contributed by atoms with E-state index in [4.69, 9.17) is 4.74 Å². The van der Waals surface area contributed by atoms with Crippen LogP contribution in [0.3, 0.4) is 0 Å². The van der Waals surface area contributed by atoms with Gasteiger partial charge >= 0.3 is 0 Å². The molecule has 21 heavy (non-hydrogen) atoms. The zero-order valence-corrected chi connectivity index (χ0v) is 13.5. The summed E-state index contributed by atoms with van der Waals surface area (Å²) in [5.41, 5.74) is 0.739. The molecule has 1 aliphatic rings. The minimum Gasteiger partial charge on any atom is -0.497 e. The van der Waals surface area contributed by atoms with Crippen molar-refractivity contribution in [3.05, 3.63) is 29.8 Å². The molecule has 3 nitrogen and oxygen atoms in total. The highest BCUT2D eigenvalue weighted by molar-refractivity contribution is 5.97. The molecule has 1 fully saturated rings. The lowest BCUT2D eigenvalue weighted by Crippen LogP contribution is -2.38. The number of methoxy groups -OCH3 is 1. The molecule has 1 aliphatic carbocycles. The van der Waals surface area contributed by atoms with Gasteiger partial charge in [-0.15, -0.1) is 0 Å². The van der Waals surface area contributed by atoms with Crippen molar-refractivity contribution >= 4 is 5.78 Å². The topological polar surface area (TPSA) is 29.5 Å². The van der Waals surface area contributed by atoms with E-state index in [-0.39, 0.29) is 5.78 Å². The van der Waals surface area contributed by atoms with Crippen molar-refractivity contribution in [1.29, 1.82) is 0 Å². The first kappa shape index (κ1) is 16.0. The van der Waals surface area contributed by atoms with Crippen molar-refractivity contribution in [3.63, 3.8) is 0 Å². The number of carbonyl (C=O) groups is 1. The Bertz CT molecular complexity index is 464. The monoisotopic (exact) mass is 289 g/mol. The van der Waals surface area contributed by atoms with Crippen molar-refractivity contribution in [1.82, 2.24) is 4.90 Å². The molecule has 0 N–H and O–H groups in total. The van der Waals surface area contributed by atoms with Gasteiger partial charge in [0.1, 0.15) is 5.75 Å². The number of hydrogen-bond donors (Lipinski definition) is 0. The van der Waals surface area contributed by atoms with E-state index in [1.165, 1.54) is 32.1 Å². The molecule has 0 atom stereocenters. The van der Waals surface area contributed by atoms with Gasteiger partial charge in [0.25, 0.3) is 0 Å². The van der Waals surface area contributed by atoms with E-state index < -0.39 is 0 Å². The van der Waals surface area contributed by atoms with Gasteiger partial charge in [0.2, 0.25) is 0 Å². The van der Waals surface area contributed by atoms with Gasteiger partial charge in [0.05, 0.1) is 13.7 Å². The molecular weight excluding hydrogens is 262 g/mol. The average molecular weight is 289 g/mol. The lowest BCUT2D eigenvalue weighted by atomic mass is 9.84. The summed E-state index contributed by atoms with van der Waals surface area (Å²) in [5, 5.41) is 0. The van der Waals surface area contributed by atoms with E-state index in [1.807, 2.05) is 24.3 Å². The molecule has 0 bridgehead atoms. The van der Waals surface area contributed by atoms with Gasteiger partial charge in [-0.3, -0.25) is 9.69 Å². The van der Waals surface area contributed by atoms with Gasteiger partial charge < -0.3 is 4.74 Å². The number of nitrogens with zero attached hydrogens (tertiary/aromatic N) is 1. The van der Waals surface area contributed by atoms with Gasteiger partial charge in [-0.2, -0.15) is 0 Å². The number of carbonyl (C=O) groups excluding carboxylic acids is 1. The number of benzene rings is 1. The molecular formula is C18H27NO2. The summed E-state index contributed by atoms with van der Waals surface area (Å²) in [4.78, 5) is 14.6. The first-order chi connectivity index (χ1) is 10.1. The van der Waals surface area contributed by atoms with E-state index in [1.54, 1.807) is 7.11 Å². The standard InChI is InChI=1S/C18H27NO2/c1-4-14-8-10-16(11-9-14)19(2)13-18(20)15-6-5-7-17(12-15)21-3/h5-7,12,14,16H,4,8-11,13H2,1-3H3. The fourth-order valence-electron chi connectivity index (χ4n) is 3.24. The second kappa shape index (κ2) is 7.60. The maximum atomic E-state index is 12.4. The van der Waals surface area contributed by atoms with E-state index in [0.29, 0.717) is 12.6 Å². The molecule has 0 heterocycles. The minimum atomic E-state index is 0.175. The SMILES string of the molecule is CCC1CCC(N(C)CC(=O)c2cccc(OC)c2)CC1. The van der Waals surface area contributed by atoms with E-state index >= 15 is 0 Å². The van der Waals surface area contributed by atoms with Gasteiger partial charge in [-0.05, 0) is 50.8 Å². The van der Waals surface area contributed by atoms with Crippen molar-refractivity contribution in [2.24, 2.45) is 5.92 Å². The summed E-state index contributed by atoms with van der Waals surface area (Å²) in [6, 6.07) is 7.99. The van der Waals surface area contributed by atoms with Gasteiger partial charge in [0, 0.05) is 11.6 Å². The van der Waals surface area contributed by atoms with Crippen molar-refractivity contribution in [2.45, 2.75) is 45.1 Å². The Balaban J connectivity index is 1.90. The third-order valence-electron chi connectivity index (χ3n) is 4.80. The molecule has 0 spiro atoms. The maximum absolute atomic E-state index is 12.4.